The zero-order valence-corrected chi connectivity index (χ0v) is 6.82. The molecule has 0 aromatic carbocycles. The van der Waals surface area contributed by atoms with Crippen LogP contribution in [0.2, 0.25) is 0 Å². The summed E-state index contributed by atoms with van der Waals surface area (Å²) >= 11 is 0. The minimum Gasteiger partial charge on any atom is -0.389 e. The molecule has 2 heteroatoms. The van der Waals surface area contributed by atoms with E-state index in [0.717, 1.165) is 38.0 Å². The monoisotopic (exact) mass is 142 g/mol. The van der Waals surface area contributed by atoms with E-state index >= 15 is 0 Å². The zero-order valence-electron chi connectivity index (χ0n) is 6.82. The van der Waals surface area contributed by atoms with Crippen molar-refractivity contribution < 1.29 is 0 Å². The van der Waals surface area contributed by atoms with E-state index in [4.69, 9.17) is 5.73 Å². The molecule has 0 radical (unpaired) electrons. The largest absolute Gasteiger partial charge is 0.389 e. The number of nitrogens with two attached hydrogens (primary N) is 1. The summed E-state index contributed by atoms with van der Waals surface area (Å²) in [7, 11) is 0. The molecule has 0 heterocycles. The molecule has 0 rings (SSSR count). The summed E-state index contributed by atoms with van der Waals surface area (Å²) in [5.41, 5.74) is 6.45. The van der Waals surface area contributed by atoms with Crippen LogP contribution in [0.25, 0.3) is 0 Å². The van der Waals surface area contributed by atoms with Gasteiger partial charge in [0.25, 0.3) is 0 Å². The highest BCUT2D eigenvalue weighted by atomic mass is 14.9. The first-order valence-corrected chi connectivity index (χ1v) is 3.93. The first kappa shape index (κ1) is 9.50. The van der Waals surface area contributed by atoms with E-state index in [0.29, 0.717) is 0 Å². The standard InChI is InChI=1S/C8H18N2/c1-3-5-8(2)10-7-4-6-9/h10H,2-7,9H2,1H3. The Labute approximate surface area is 63.5 Å². The summed E-state index contributed by atoms with van der Waals surface area (Å²) in [4.78, 5) is 0. The molecule has 0 amide bonds. The lowest BCUT2D eigenvalue weighted by Crippen LogP contribution is -2.16. The van der Waals surface area contributed by atoms with Crippen molar-refractivity contribution >= 4 is 0 Å². The van der Waals surface area contributed by atoms with Crippen molar-refractivity contribution in [3.05, 3.63) is 12.3 Å². The second-order valence-electron chi connectivity index (χ2n) is 2.42. The van der Waals surface area contributed by atoms with E-state index in [1.54, 1.807) is 0 Å². The third kappa shape index (κ3) is 5.63. The van der Waals surface area contributed by atoms with Crippen molar-refractivity contribution in [3.8, 4) is 0 Å². The molecule has 2 nitrogen and oxygen atoms in total. The topological polar surface area (TPSA) is 38.0 Å². The van der Waals surface area contributed by atoms with Gasteiger partial charge in [-0.15, -0.1) is 0 Å². The predicted octanol–water partition coefficient (Wildman–Crippen LogP) is 1.24. The molecule has 10 heavy (non-hydrogen) atoms. The van der Waals surface area contributed by atoms with E-state index < -0.39 is 0 Å². The maximum absolute atomic E-state index is 5.32. The highest BCUT2D eigenvalue weighted by Crippen LogP contribution is 1.95. The minimum absolute atomic E-state index is 0.756. The van der Waals surface area contributed by atoms with Gasteiger partial charge in [0.1, 0.15) is 0 Å². The van der Waals surface area contributed by atoms with Crippen molar-refractivity contribution in [2.24, 2.45) is 5.73 Å². The fourth-order valence-electron chi connectivity index (χ4n) is 0.757. The molecule has 0 aromatic rings. The van der Waals surface area contributed by atoms with Gasteiger partial charge < -0.3 is 11.1 Å². The smallest absolute Gasteiger partial charge is 0.0155 e. The molecule has 0 aliphatic heterocycles. The SMILES string of the molecule is C=C(CCC)NCCCN. The molecule has 0 fully saturated rings. The van der Waals surface area contributed by atoms with E-state index in [2.05, 4.69) is 18.8 Å². The normalized spacial score (nSPS) is 9.40. The Morgan fingerprint density at radius 1 is 1.60 bits per heavy atom. The summed E-state index contributed by atoms with van der Waals surface area (Å²) in [5.74, 6) is 0. The van der Waals surface area contributed by atoms with E-state index in [1.165, 1.54) is 0 Å². The van der Waals surface area contributed by atoms with Crippen LogP contribution in [0.4, 0.5) is 0 Å². The quantitative estimate of drug-likeness (QED) is 0.547. The number of nitrogens with one attached hydrogen (secondary N) is 1. The highest BCUT2D eigenvalue weighted by Gasteiger charge is 1.88. The van der Waals surface area contributed by atoms with Crippen LogP contribution in [0, 0.1) is 0 Å². The zero-order chi connectivity index (χ0) is 7.82. The molecular weight excluding hydrogens is 124 g/mol. The third-order valence-electron chi connectivity index (χ3n) is 1.31. The molecule has 60 valence electrons. The van der Waals surface area contributed by atoms with Gasteiger partial charge in [-0.2, -0.15) is 0 Å². The van der Waals surface area contributed by atoms with Crippen LogP contribution in [0.1, 0.15) is 26.2 Å². The average molecular weight is 142 g/mol. The Hall–Kier alpha value is -0.500. The van der Waals surface area contributed by atoms with Gasteiger partial charge in [-0.3, -0.25) is 0 Å². The van der Waals surface area contributed by atoms with Crippen LogP contribution >= 0.6 is 0 Å². The molecule has 0 unspecified atom stereocenters. The van der Waals surface area contributed by atoms with Crippen LogP contribution in [-0.2, 0) is 0 Å². The van der Waals surface area contributed by atoms with Crippen LogP contribution < -0.4 is 11.1 Å². The molecule has 0 saturated heterocycles. The van der Waals surface area contributed by atoms with Gasteiger partial charge in [0.2, 0.25) is 0 Å². The van der Waals surface area contributed by atoms with Crippen LogP contribution in [-0.4, -0.2) is 13.1 Å². The second-order valence-corrected chi connectivity index (χ2v) is 2.42. The third-order valence-corrected chi connectivity index (χ3v) is 1.31. The summed E-state index contributed by atoms with van der Waals surface area (Å²) in [5, 5.41) is 3.21. The van der Waals surface area contributed by atoms with Crippen LogP contribution in [0.5, 0.6) is 0 Å². The fraction of sp³-hybridized carbons (Fsp3) is 0.750. The molecule has 0 saturated carbocycles. The first-order chi connectivity index (χ1) is 4.81. The minimum atomic E-state index is 0.756. The number of hydrogen-bond acceptors (Lipinski definition) is 2. The molecule has 3 N–H and O–H groups in total. The maximum Gasteiger partial charge on any atom is 0.0155 e. The lowest BCUT2D eigenvalue weighted by atomic mass is 10.3. The molecule has 0 aromatic heterocycles. The Kier molecular flexibility index (Phi) is 6.29. The average Bonchev–Trinajstić information content (AvgIpc) is 1.89. The van der Waals surface area contributed by atoms with Gasteiger partial charge in [0.05, 0.1) is 0 Å². The van der Waals surface area contributed by atoms with Gasteiger partial charge in [-0.05, 0) is 19.4 Å². The molecular formula is C8H18N2. The van der Waals surface area contributed by atoms with Crippen molar-refractivity contribution in [2.75, 3.05) is 13.1 Å². The van der Waals surface area contributed by atoms with Crippen LogP contribution in [0.15, 0.2) is 12.3 Å². The van der Waals surface area contributed by atoms with E-state index in [9.17, 15) is 0 Å². The van der Waals surface area contributed by atoms with Crippen molar-refractivity contribution in [1.29, 1.82) is 0 Å². The van der Waals surface area contributed by atoms with Gasteiger partial charge in [0, 0.05) is 12.2 Å². The highest BCUT2D eigenvalue weighted by molar-refractivity contribution is 4.89. The number of allylic oxidation sites excluding steroid dienone is 1. The Morgan fingerprint density at radius 2 is 2.30 bits per heavy atom. The predicted molar refractivity (Wildman–Crippen MR) is 45.7 cm³/mol. The fourth-order valence-corrected chi connectivity index (χ4v) is 0.757. The summed E-state index contributed by atoms with van der Waals surface area (Å²) in [6.07, 6.45) is 3.27. The van der Waals surface area contributed by atoms with Crippen molar-refractivity contribution in [1.82, 2.24) is 5.32 Å². The van der Waals surface area contributed by atoms with Crippen LogP contribution in [0.3, 0.4) is 0 Å². The summed E-state index contributed by atoms with van der Waals surface area (Å²) in [6, 6.07) is 0. The second kappa shape index (κ2) is 6.62. The van der Waals surface area contributed by atoms with Gasteiger partial charge in [0.15, 0.2) is 0 Å². The number of rotatable bonds is 6. The van der Waals surface area contributed by atoms with Gasteiger partial charge in [-0.25, -0.2) is 0 Å². The molecule has 0 bridgehead atoms. The first-order valence-electron chi connectivity index (χ1n) is 3.93. The Balaban J connectivity index is 3.05. The van der Waals surface area contributed by atoms with Crippen molar-refractivity contribution in [2.45, 2.75) is 26.2 Å². The van der Waals surface area contributed by atoms with Crippen molar-refractivity contribution in [3.63, 3.8) is 0 Å². The molecule has 0 aliphatic rings. The Bertz CT molecular complexity index is 89.3. The van der Waals surface area contributed by atoms with Gasteiger partial charge in [-0.1, -0.05) is 19.9 Å². The summed E-state index contributed by atoms with van der Waals surface area (Å²) < 4.78 is 0. The summed E-state index contributed by atoms with van der Waals surface area (Å²) in [6.45, 7) is 7.74. The Morgan fingerprint density at radius 3 is 2.80 bits per heavy atom. The molecule has 0 aliphatic carbocycles. The maximum atomic E-state index is 5.32. The van der Waals surface area contributed by atoms with Gasteiger partial charge >= 0.3 is 0 Å². The molecule has 0 atom stereocenters. The number of hydrogen-bond donors (Lipinski definition) is 2. The molecule has 0 spiro atoms. The lowest BCUT2D eigenvalue weighted by molar-refractivity contribution is 0.697. The lowest BCUT2D eigenvalue weighted by Gasteiger charge is -2.06. The van der Waals surface area contributed by atoms with E-state index in [1.807, 2.05) is 0 Å². The van der Waals surface area contributed by atoms with E-state index in [-0.39, 0.29) is 0 Å².